The van der Waals surface area contributed by atoms with E-state index in [0.717, 1.165) is 0 Å². The normalized spacial score (nSPS) is 9.69. The summed E-state index contributed by atoms with van der Waals surface area (Å²) in [7, 11) is 1.21. The van der Waals surface area contributed by atoms with Crippen LogP contribution in [0.4, 0.5) is 5.69 Å². The molecule has 0 fully saturated rings. The second-order valence-electron chi connectivity index (χ2n) is 2.38. The summed E-state index contributed by atoms with van der Waals surface area (Å²) in [5.74, 6) is -0.895. The lowest BCUT2D eigenvalue weighted by atomic mass is 10.2. The number of anilines is 1. The van der Waals surface area contributed by atoms with Gasteiger partial charge in [-0.3, -0.25) is 0 Å². The van der Waals surface area contributed by atoms with Crippen LogP contribution >= 0.6 is 11.6 Å². The summed E-state index contributed by atoms with van der Waals surface area (Å²) in [6.07, 6.45) is 0. The lowest BCUT2D eigenvalue weighted by Crippen LogP contribution is -2.02. The minimum absolute atomic E-state index is 0.00157. The fourth-order valence-electron chi connectivity index (χ4n) is 0.851. The molecule has 0 aliphatic rings. The molecule has 0 heterocycles. The van der Waals surface area contributed by atoms with Crippen molar-refractivity contribution in [1.82, 2.24) is 0 Å². The van der Waals surface area contributed by atoms with Crippen LogP contribution in [0.1, 0.15) is 10.4 Å². The molecule has 1 rings (SSSR count). The van der Waals surface area contributed by atoms with Gasteiger partial charge < -0.3 is 15.6 Å². The van der Waals surface area contributed by atoms with Gasteiger partial charge in [-0.1, -0.05) is 11.6 Å². The van der Waals surface area contributed by atoms with E-state index in [4.69, 9.17) is 17.3 Å². The second kappa shape index (κ2) is 3.53. The fraction of sp³-hybridized carbons (Fsp3) is 0.125. The number of phenolic OH excluding ortho intramolecular Hbond substituents is 1. The van der Waals surface area contributed by atoms with Crippen molar-refractivity contribution in [3.63, 3.8) is 0 Å². The third kappa shape index (κ3) is 1.84. The van der Waals surface area contributed by atoms with Crippen LogP contribution in [-0.4, -0.2) is 18.2 Å². The molecule has 3 N–H and O–H groups in total. The van der Waals surface area contributed by atoms with Crippen molar-refractivity contribution in [1.29, 1.82) is 0 Å². The van der Waals surface area contributed by atoms with Gasteiger partial charge >= 0.3 is 5.97 Å². The lowest BCUT2D eigenvalue weighted by molar-refractivity contribution is 0.0597. The van der Waals surface area contributed by atoms with Gasteiger partial charge in [0.2, 0.25) is 0 Å². The number of methoxy groups -OCH3 is 1. The Kier molecular flexibility index (Phi) is 2.63. The zero-order valence-corrected chi connectivity index (χ0v) is 7.63. The highest BCUT2D eigenvalue weighted by molar-refractivity contribution is 6.33. The van der Waals surface area contributed by atoms with Gasteiger partial charge in [-0.25, -0.2) is 4.79 Å². The number of nitrogens with two attached hydrogens (primary N) is 1. The van der Waals surface area contributed by atoms with Gasteiger partial charge in [0, 0.05) is 6.07 Å². The van der Waals surface area contributed by atoms with E-state index >= 15 is 0 Å². The Morgan fingerprint density at radius 3 is 2.77 bits per heavy atom. The molecular weight excluding hydrogens is 194 g/mol. The van der Waals surface area contributed by atoms with Crippen LogP contribution in [0.15, 0.2) is 12.1 Å². The van der Waals surface area contributed by atoms with Crippen molar-refractivity contribution in [2.24, 2.45) is 0 Å². The topological polar surface area (TPSA) is 72.5 Å². The number of halogens is 1. The molecule has 1 aromatic carbocycles. The number of phenols is 1. The largest absolute Gasteiger partial charge is 0.507 e. The standard InChI is InChI=1S/C8H8ClNO3/c1-13-8(12)4-2-5(9)6(10)3-7(4)11/h2-3,11H,10H2,1H3. The lowest BCUT2D eigenvalue weighted by Gasteiger charge is -2.04. The third-order valence-electron chi connectivity index (χ3n) is 1.52. The highest BCUT2D eigenvalue weighted by atomic mass is 35.5. The maximum Gasteiger partial charge on any atom is 0.341 e. The first-order chi connectivity index (χ1) is 6.06. The van der Waals surface area contributed by atoms with Gasteiger partial charge in [0.25, 0.3) is 0 Å². The summed E-state index contributed by atoms with van der Waals surface area (Å²) >= 11 is 5.64. The Morgan fingerprint density at radius 1 is 1.62 bits per heavy atom. The average molecular weight is 202 g/mol. The first kappa shape index (κ1) is 9.67. The maximum atomic E-state index is 11.0. The number of hydrogen-bond donors (Lipinski definition) is 2. The molecule has 0 spiro atoms. The number of ether oxygens (including phenoxy) is 1. The zero-order valence-electron chi connectivity index (χ0n) is 6.87. The van der Waals surface area contributed by atoms with Crippen LogP contribution in [0.5, 0.6) is 5.75 Å². The van der Waals surface area contributed by atoms with E-state index < -0.39 is 5.97 Å². The quantitative estimate of drug-likeness (QED) is 0.532. The zero-order chi connectivity index (χ0) is 10.0. The number of rotatable bonds is 1. The highest BCUT2D eigenvalue weighted by Gasteiger charge is 2.13. The summed E-state index contributed by atoms with van der Waals surface area (Å²) in [6, 6.07) is 2.46. The number of hydrogen-bond acceptors (Lipinski definition) is 4. The Balaban J connectivity index is 3.23. The van der Waals surface area contributed by atoms with Gasteiger partial charge in [-0.15, -0.1) is 0 Å². The van der Waals surface area contributed by atoms with E-state index in [9.17, 15) is 9.90 Å². The number of carbonyl (C=O) groups is 1. The predicted octanol–water partition coefficient (Wildman–Crippen LogP) is 1.41. The SMILES string of the molecule is COC(=O)c1cc(Cl)c(N)cc1O. The molecule has 0 bridgehead atoms. The van der Waals surface area contributed by atoms with Crippen LogP contribution in [0.25, 0.3) is 0 Å². The number of carbonyl (C=O) groups excluding carboxylic acids is 1. The molecule has 70 valence electrons. The molecule has 13 heavy (non-hydrogen) atoms. The number of aromatic hydroxyl groups is 1. The van der Waals surface area contributed by atoms with Crippen molar-refractivity contribution in [2.45, 2.75) is 0 Å². The Labute approximate surface area is 79.9 Å². The number of esters is 1. The minimum atomic E-state index is -0.653. The monoisotopic (exact) mass is 201 g/mol. The van der Waals surface area contributed by atoms with Crippen LogP contribution in [0.3, 0.4) is 0 Å². The first-order valence-corrected chi connectivity index (χ1v) is 3.80. The molecule has 0 radical (unpaired) electrons. The maximum absolute atomic E-state index is 11.0. The van der Waals surface area contributed by atoms with Crippen LogP contribution < -0.4 is 5.73 Å². The van der Waals surface area contributed by atoms with Crippen molar-refractivity contribution in [2.75, 3.05) is 12.8 Å². The summed E-state index contributed by atoms with van der Waals surface area (Å²) in [4.78, 5) is 11.0. The molecule has 0 saturated heterocycles. The van der Waals surface area contributed by atoms with E-state index in [-0.39, 0.29) is 22.0 Å². The smallest absolute Gasteiger partial charge is 0.341 e. The Hall–Kier alpha value is -1.42. The van der Waals surface area contributed by atoms with E-state index in [2.05, 4.69) is 4.74 Å². The van der Waals surface area contributed by atoms with E-state index in [1.165, 1.54) is 19.2 Å². The van der Waals surface area contributed by atoms with Gasteiger partial charge in [0.1, 0.15) is 11.3 Å². The van der Waals surface area contributed by atoms with Gasteiger partial charge in [0.05, 0.1) is 17.8 Å². The van der Waals surface area contributed by atoms with Crippen LogP contribution in [-0.2, 0) is 4.74 Å². The first-order valence-electron chi connectivity index (χ1n) is 3.42. The van der Waals surface area contributed by atoms with Crippen LogP contribution in [0, 0.1) is 0 Å². The molecule has 0 unspecified atom stereocenters. The minimum Gasteiger partial charge on any atom is -0.507 e. The molecule has 0 aliphatic carbocycles. The molecule has 0 atom stereocenters. The summed E-state index contributed by atoms with van der Waals surface area (Å²) in [5, 5.41) is 9.48. The van der Waals surface area contributed by atoms with Gasteiger partial charge in [-0.05, 0) is 6.07 Å². The summed E-state index contributed by atoms with van der Waals surface area (Å²) in [6.45, 7) is 0. The predicted molar refractivity (Wildman–Crippen MR) is 48.9 cm³/mol. The molecule has 0 amide bonds. The number of nitrogen functional groups attached to an aromatic ring is 1. The van der Waals surface area contributed by atoms with Crippen molar-refractivity contribution >= 4 is 23.3 Å². The Morgan fingerprint density at radius 2 is 2.23 bits per heavy atom. The van der Waals surface area contributed by atoms with E-state index in [1.807, 2.05) is 0 Å². The van der Waals surface area contributed by atoms with Crippen LogP contribution in [0.2, 0.25) is 5.02 Å². The highest BCUT2D eigenvalue weighted by Crippen LogP contribution is 2.28. The molecule has 0 aliphatic heterocycles. The molecular formula is C8H8ClNO3. The molecule has 1 aromatic rings. The second-order valence-corrected chi connectivity index (χ2v) is 2.79. The van der Waals surface area contributed by atoms with Crippen molar-refractivity contribution in [3.05, 3.63) is 22.7 Å². The van der Waals surface area contributed by atoms with E-state index in [1.54, 1.807) is 0 Å². The molecule has 5 heteroatoms. The van der Waals surface area contributed by atoms with E-state index in [0.29, 0.717) is 0 Å². The van der Waals surface area contributed by atoms with Gasteiger partial charge in [-0.2, -0.15) is 0 Å². The Bertz CT molecular complexity index is 351. The summed E-state index contributed by atoms with van der Waals surface area (Å²) < 4.78 is 4.41. The average Bonchev–Trinajstić information content (AvgIpc) is 2.10. The van der Waals surface area contributed by atoms with Crippen molar-refractivity contribution < 1.29 is 14.6 Å². The molecule has 4 nitrogen and oxygen atoms in total. The summed E-state index contributed by atoms with van der Waals surface area (Å²) in [5.41, 5.74) is 5.60. The molecule has 0 aromatic heterocycles. The third-order valence-corrected chi connectivity index (χ3v) is 1.85. The van der Waals surface area contributed by atoms with Gasteiger partial charge in [0.15, 0.2) is 0 Å². The fourth-order valence-corrected chi connectivity index (χ4v) is 1.02. The number of benzene rings is 1. The molecule has 0 saturated carbocycles. The van der Waals surface area contributed by atoms with Crippen molar-refractivity contribution in [3.8, 4) is 5.75 Å².